The Hall–Kier alpha value is -4.73. The molecular weight excluding hydrogens is 731 g/mol. The van der Waals surface area contributed by atoms with E-state index in [2.05, 4.69) is 30.0 Å². The summed E-state index contributed by atoms with van der Waals surface area (Å²) in [4.78, 5) is 37.5. The number of aliphatic carboxylic acids is 1. The van der Waals surface area contributed by atoms with Gasteiger partial charge in [-0.15, -0.1) is 10.2 Å². The fourth-order valence-electron chi connectivity index (χ4n) is 3.18. The van der Waals surface area contributed by atoms with Crippen molar-refractivity contribution in [3.63, 3.8) is 0 Å². The van der Waals surface area contributed by atoms with Crippen LogP contribution in [0.2, 0.25) is 0 Å². The zero-order chi connectivity index (χ0) is 34.7. The molecular formula is C30H28ClCoN6O10S. The second-order valence-corrected chi connectivity index (χ2v) is 11.0. The van der Waals surface area contributed by atoms with Gasteiger partial charge >= 0.3 is 16.8 Å². The van der Waals surface area contributed by atoms with Crippen LogP contribution in [0.25, 0.3) is 27.5 Å². The number of carbonyl (C=O) groups is 2. The van der Waals surface area contributed by atoms with Gasteiger partial charge in [0, 0.05) is 48.3 Å². The summed E-state index contributed by atoms with van der Waals surface area (Å²) >= 11 is 0. The third-order valence-corrected chi connectivity index (χ3v) is 6.36. The molecule has 4 aromatic heterocycles. The summed E-state index contributed by atoms with van der Waals surface area (Å²) in [6.45, 7) is 0.398. The zero-order valence-corrected chi connectivity index (χ0v) is 27.9. The van der Waals surface area contributed by atoms with Gasteiger partial charge in [0.05, 0.1) is 22.8 Å². The molecule has 0 atom stereocenters. The first-order chi connectivity index (χ1) is 22.2. The van der Waals surface area contributed by atoms with Gasteiger partial charge in [-0.1, -0.05) is 30.8 Å². The Kier molecular flexibility index (Phi) is 20.6. The molecule has 0 aliphatic rings. The van der Waals surface area contributed by atoms with Crippen LogP contribution in [-0.4, -0.2) is 52.3 Å². The molecule has 260 valence electrons. The van der Waals surface area contributed by atoms with E-state index in [-0.39, 0.29) is 33.1 Å². The molecule has 49 heavy (non-hydrogen) atoms. The quantitative estimate of drug-likeness (QED) is 0.191. The Morgan fingerprint density at radius 1 is 0.673 bits per heavy atom. The predicted octanol–water partition coefficient (Wildman–Crippen LogP) is -1.84. The van der Waals surface area contributed by atoms with E-state index < -0.39 is 32.8 Å². The van der Waals surface area contributed by atoms with Crippen LogP contribution in [0.4, 0.5) is 5.69 Å². The third kappa shape index (κ3) is 19.6. The number of carboxylic acids is 1. The number of anilines is 1. The number of aromatic nitrogens is 4. The second-order valence-electron chi connectivity index (χ2n) is 8.58. The van der Waals surface area contributed by atoms with Crippen molar-refractivity contribution in [2.24, 2.45) is 0 Å². The number of sulfonamides is 1. The average Bonchev–Trinajstić information content (AvgIpc) is 3.05. The van der Waals surface area contributed by atoms with E-state index >= 15 is 0 Å². The normalized spacial score (nSPS) is 9.98. The summed E-state index contributed by atoms with van der Waals surface area (Å²) in [5, 5.41) is 12.6. The Morgan fingerprint density at radius 3 is 1.24 bits per heavy atom. The minimum absolute atomic E-state index is 0. The van der Waals surface area contributed by atoms with Gasteiger partial charge in [-0.05, 0) is 72.8 Å². The zero-order valence-electron chi connectivity index (χ0n) is 25.3. The summed E-state index contributed by atoms with van der Waals surface area (Å²) < 4.78 is 60.1. The molecule has 1 amide bonds. The molecule has 1 aromatic carbocycles. The fourth-order valence-corrected chi connectivity index (χ4v) is 4.09. The van der Waals surface area contributed by atoms with Gasteiger partial charge in [-0.2, -0.15) is 0 Å². The van der Waals surface area contributed by atoms with Crippen molar-refractivity contribution in [3.8, 4) is 22.8 Å². The van der Waals surface area contributed by atoms with E-state index in [0.717, 1.165) is 22.8 Å². The number of carbonyl (C=O) groups excluding carboxylic acids is 2. The maximum Gasteiger partial charge on any atom is 3.00 e. The van der Waals surface area contributed by atoms with Crippen molar-refractivity contribution >= 4 is 27.6 Å². The predicted molar refractivity (Wildman–Crippen MR) is 160 cm³/mol. The third-order valence-electron chi connectivity index (χ3n) is 5.02. The van der Waals surface area contributed by atoms with Gasteiger partial charge in [0.15, 0.2) is 0 Å². The standard InChI is InChI=1S/C10H11N2O5S.2C10H8N2.ClHO4.Co.H2O/c1-7(13)12-8-2-4-9(5-3-8)18(16,17)11-6-10(14)15;2*1-3-7-11-9(5-1)10-6-2-4-8-12-10;2-1(3,4)5;;/h2-5H,6H2,1H3,(H,12,13)(H,14,15);2*1-8H;(H,2,3,4,5);;1H2/q-1;;;;+3;/p-2. The van der Waals surface area contributed by atoms with Crippen LogP contribution in [0.1, 0.15) is 6.92 Å². The topological polar surface area (TPSA) is 293 Å². The fraction of sp³-hybridized carbons (Fsp3) is 0.0667. The van der Waals surface area contributed by atoms with E-state index in [4.69, 9.17) is 18.6 Å². The largest absolute Gasteiger partial charge is 3.00 e. The van der Waals surface area contributed by atoms with Crippen LogP contribution in [0.5, 0.6) is 0 Å². The Labute approximate surface area is 293 Å². The number of carboxylic acid groups (broad SMARTS) is 1. The van der Waals surface area contributed by atoms with Crippen molar-refractivity contribution in [2.45, 2.75) is 11.8 Å². The molecule has 5 rings (SSSR count). The van der Waals surface area contributed by atoms with Crippen molar-refractivity contribution in [3.05, 3.63) is 127 Å². The summed E-state index contributed by atoms with van der Waals surface area (Å²) in [5.41, 5.74) is 4.09. The summed E-state index contributed by atoms with van der Waals surface area (Å²) in [5.74, 6) is -1.86. The number of halogens is 1. The van der Waals surface area contributed by atoms with Gasteiger partial charge < -0.3 is 25.4 Å². The van der Waals surface area contributed by atoms with Crippen LogP contribution in [0, 0.1) is 10.2 Å². The Balaban J connectivity index is 0.000000660. The summed E-state index contributed by atoms with van der Waals surface area (Å²) in [6, 6.07) is 28.4. The molecule has 0 aliphatic heterocycles. The molecule has 4 heterocycles. The van der Waals surface area contributed by atoms with Crippen LogP contribution in [0.3, 0.4) is 0 Å². The molecule has 0 fully saturated rings. The van der Waals surface area contributed by atoms with Gasteiger partial charge in [0.2, 0.25) is 5.91 Å². The molecule has 0 aliphatic carbocycles. The van der Waals surface area contributed by atoms with Crippen LogP contribution in [0.15, 0.2) is 127 Å². The molecule has 0 bridgehead atoms. The first kappa shape index (κ1) is 44.3. The molecule has 0 spiro atoms. The van der Waals surface area contributed by atoms with Gasteiger partial charge in [0.25, 0.3) is 0 Å². The van der Waals surface area contributed by atoms with Gasteiger partial charge in [0.1, 0.15) is 10.0 Å². The molecule has 3 N–H and O–H groups in total. The number of hydrogen-bond donors (Lipinski definition) is 1. The van der Waals surface area contributed by atoms with E-state index in [1.807, 2.05) is 72.8 Å². The monoisotopic (exact) mass is 758 g/mol. The first-order valence-corrected chi connectivity index (χ1v) is 15.7. The van der Waals surface area contributed by atoms with Crippen molar-refractivity contribution in [1.82, 2.24) is 19.9 Å². The van der Waals surface area contributed by atoms with E-state index in [1.165, 1.54) is 31.2 Å². The molecule has 16 nitrogen and oxygen atoms in total. The van der Waals surface area contributed by atoms with Crippen molar-refractivity contribution in [1.29, 1.82) is 0 Å². The number of nitrogens with zero attached hydrogens (tertiary/aromatic N) is 5. The minimum atomic E-state index is -4.94. The number of pyridine rings is 4. The van der Waals surface area contributed by atoms with Crippen LogP contribution < -0.4 is 29.1 Å². The maximum absolute atomic E-state index is 11.5. The Bertz CT molecular complexity index is 1600. The number of rotatable bonds is 7. The van der Waals surface area contributed by atoms with Gasteiger partial charge in [-0.3, -0.25) is 24.7 Å². The number of benzene rings is 1. The maximum atomic E-state index is 11.5. The van der Waals surface area contributed by atoms with Crippen LogP contribution >= 0.6 is 0 Å². The summed E-state index contributed by atoms with van der Waals surface area (Å²) in [7, 11) is -8.95. The molecule has 5 aromatic rings. The SMILES string of the molecule is CC(=O)Nc1ccc(S(=O)(=O)[N-]CC(=O)[O-])cc1.O.[Co+3].[O-][Cl+3]([O-])([O-])[O-].c1ccc(-c2ccccn2)nc1.c1ccc(-c2ccccn2)nc1. The Morgan fingerprint density at radius 2 is 1.00 bits per heavy atom. The van der Waals surface area contributed by atoms with Crippen LogP contribution in [-0.2, 0) is 36.4 Å². The number of hydrogen-bond acceptors (Lipinski definition) is 13. The van der Waals surface area contributed by atoms with E-state index in [1.54, 1.807) is 24.8 Å². The molecule has 0 saturated heterocycles. The number of nitrogens with one attached hydrogen (secondary N) is 1. The molecule has 0 radical (unpaired) electrons. The summed E-state index contributed by atoms with van der Waals surface area (Å²) in [6.07, 6.45) is 7.07. The smallest absolute Gasteiger partial charge is 0.552 e. The minimum Gasteiger partial charge on any atom is -0.552 e. The van der Waals surface area contributed by atoms with E-state index in [0.29, 0.717) is 5.69 Å². The first-order valence-electron chi connectivity index (χ1n) is 13.0. The van der Waals surface area contributed by atoms with Crippen molar-refractivity contribution < 1.29 is 74.2 Å². The van der Waals surface area contributed by atoms with Gasteiger partial charge in [-0.25, -0.2) is 27.1 Å². The second kappa shape index (κ2) is 22.8. The van der Waals surface area contributed by atoms with E-state index in [9.17, 15) is 23.1 Å². The molecule has 0 unspecified atom stereocenters. The average molecular weight is 759 g/mol. The number of amides is 1. The molecule has 0 saturated carbocycles. The molecule has 19 heteroatoms. The van der Waals surface area contributed by atoms with Crippen molar-refractivity contribution in [2.75, 3.05) is 11.9 Å².